The van der Waals surface area contributed by atoms with Crippen LogP contribution in [0, 0.1) is 0 Å². The first-order valence-electron chi connectivity index (χ1n) is 13.5. The molecule has 0 unspecified atom stereocenters. The molecule has 1 aliphatic carbocycles. The highest BCUT2D eigenvalue weighted by Crippen LogP contribution is 2.41. The van der Waals surface area contributed by atoms with E-state index >= 15 is 0 Å². The molecule has 4 aromatic carbocycles. The van der Waals surface area contributed by atoms with Gasteiger partial charge in [-0.1, -0.05) is 101 Å². The van der Waals surface area contributed by atoms with E-state index in [0.717, 1.165) is 50.1 Å². The summed E-state index contributed by atoms with van der Waals surface area (Å²) < 4.78 is 9.31. The number of allylic oxidation sites excluding steroid dienone is 1. The fraction of sp³-hybridized carbons (Fsp3) is 0.118. The zero-order valence-corrected chi connectivity index (χ0v) is 26.1. The molecule has 2 heterocycles. The van der Waals surface area contributed by atoms with Gasteiger partial charge in [0.2, 0.25) is 0 Å². The maximum Gasteiger partial charge on any atom is 0.271 e. The van der Waals surface area contributed by atoms with Crippen molar-refractivity contribution in [3.8, 4) is 5.75 Å². The molecule has 42 heavy (non-hydrogen) atoms. The third kappa shape index (κ3) is 5.07. The van der Waals surface area contributed by atoms with Crippen LogP contribution in [0.3, 0.4) is 0 Å². The average molecular weight is 674 g/mol. The van der Waals surface area contributed by atoms with Gasteiger partial charge in [-0.3, -0.25) is 9.36 Å². The van der Waals surface area contributed by atoms with Crippen LogP contribution in [0.15, 0.2) is 111 Å². The molecule has 1 aliphatic heterocycles. The summed E-state index contributed by atoms with van der Waals surface area (Å²) in [6, 6.07) is 29.7. The van der Waals surface area contributed by atoms with Gasteiger partial charge >= 0.3 is 0 Å². The van der Waals surface area contributed by atoms with Crippen molar-refractivity contribution in [3.05, 3.63) is 159 Å². The number of ether oxygens (including phenoxy) is 1. The lowest BCUT2D eigenvalue weighted by Crippen LogP contribution is -2.38. The number of aryl methyl sites for hydroxylation is 1. The van der Waals surface area contributed by atoms with E-state index in [1.807, 2.05) is 53.1 Å². The number of halogens is 3. The Kier molecular flexibility index (Phi) is 7.40. The summed E-state index contributed by atoms with van der Waals surface area (Å²) in [5.41, 5.74) is 7.45. The van der Waals surface area contributed by atoms with Crippen LogP contribution in [0.1, 0.15) is 40.3 Å². The predicted octanol–water partition coefficient (Wildman–Crippen LogP) is 7.97. The Morgan fingerprint density at radius 1 is 0.976 bits per heavy atom. The van der Waals surface area contributed by atoms with Gasteiger partial charge in [-0.2, -0.15) is 0 Å². The van der Waals surface area contributed by atoms with E-state index in [9.17, 15) is 4.79 Å². The van der Waals surface area contributed by atoms with Gasteiger partial charge in [0.25, 0.3) is 5.56 Å². The molecule has 1 atom stereocenters. The van der Waals surface area contributed by atoms with E-state index in [1.54, 1.807) is 12.1 Å². The molecule has 7 rings (SSSR count). The van der Waals surface area contributed by atoms with Crippen molar-refractivity contribution in [1.82, 2.24) is 4.57 Å². The smallest absolute Gasteiger partial charge is 0.271 e. The maximum atomic E-state index is 14.0. The number of aromatic nitrogens is 1. The summed E-state index contributed by atoms with van der Waals surface area (Å²) >= 11 is 17.4. The van der Waals surface area contributed by atoms with Crippen LogP contribution < -0.4 is 19.6 Å². The highest BCUT2D eigenvalue weighted by molar-refractivity contribution is 9.10. The van der Waals surface area contributed by atoms with Crippen LogP contribution in [-0.4, -0.2) is 4.57 Å². The van der Waals surface area contributed by atoms with E-state index in [0.29, 0.717) is 26.9 Å². The Bertz CT molecular complexity index is 2070. The minimum atomic E-state index is -0.185. The number of thiazole rings is 1. The molecule has 0 radical (unpaired) electrons. The standard InChI is InChI=1S/C34H23BrCl2N2O2S/c35-27-16-20(10-15-29(27)41-19-23-11-13-24(36)18-28(23)37)17-30-33(40)39-32(22-7-2-1-3-8-22)26-14-12-21-6-4-5-9-25(21)31(26)38-34(39)42-30/h1-11,13,15-18,32H,12,14,19H2/b30-17+/t32-/m1/s1. The minimum Gasteiger partial charge on any atom is -0.488 e. The van der Waals surface area contributed by atoms with Crippen molar-refractivity contribution < 1.29 is 4.74 Å². The Morgan fingerprint density at radius 2 is 1.79 bits per heavy atom. The summed E-state index contributed by atoms with van der Waals surface area (Å²) in [5, 5.41) is 1.14. The fourth-order valence-corrected chi connectivity index (χ4v) is 7.60. The number of hydrogen-bond donors (Lipinski definition) is 0. The van der Waals surface area contributed by atoms with Gasteiger partial charge in [0.15, 0.2) is 4.80 Å². The molecule has 0 bridgehead atoms. The average Bonchev–Trinajstić information content (AvgIpc) is 3.30. The second-order valence-electron chi connectivity index (χ2n) is 10.2. The lowest BCUT2D eigenvalue weighted by atomic mass is 9.83. The largest absolute Gasteiger partial charge is 0.488 e. The van der Waals surface area contributed by atoms with E-state index in [4.69, 9.17) is 32.9 Å². The van der Waals surface area contributed by atoms with Gasteiger partial charge in [0.05, 0.1) is 20.7 Å². The number of rotatable bonds is 5. The van der Waals surface area contributed by atoms with Crippen LogP contribution in [0.2, 0.25) is 10.0 Å². The summed E-state index contributed by atoms with van der Waals surface area (Å²) in [6.45, 7) is 0.305. The molecule has 0 spiro atoms. The molecular formula is C34H23BrCl2N2O2S. The SMILES string of the molecule is O=c1/c(=C\c2ccc(OCc3ccc(Cl)cc3Cl)c(Br)c2)sc2n1[C@H](c1ccccc1)C1=C(N=2)c2ccccc2CC1. The van der Waals surface area contributed by atoms with Crippen molar-refractivity contribution in [2.75, 3.05) is 0 Å². The summed E-state index contributed by atoms with van der Waals surface area (Å²) in [4.78, 5) is 19.8. The van der Waals surface area contributed by atoms with Gasteiger partial charge in [0, 0.05) is 21.2 Å². The second-order valence-corrected chi connectivity index (χ2v) is 12.9. The molecule has 4 nitrogen and oxygen atoms in total. The predicted molar refractivity (Wildman–Crippen MR) is 174 cm³/mol. The highest BCUT2D eigenvalue weighted by Gasteiger charge is 2.32. The van der Waals surface area contributed by atoms with Crippen LogP contribution in [-0.2, 0) is 13.0 Å². The number of benzene rings is 4. The van der Waals surface area contributed by atoms with Gasteiger partial charge < -0.3 is 4.74 Å². The molecule has 5 aromatic rings. The molecular weight excluding hydrogens is 651 g/mol. The quantitative estimate of drug-likeness (QED) is 0.190. The molecule has 0 amide bonds. The van der Waals surface area contributed by atoms with Crippen molar-refractivity contribution in [3.63, 3.8) is 0 Å². The van der Waals surface area contributed by atoms with E-state index in [1.165, 1.54) is 22.5 Å². The Balaban J connectivity index is 1.27. The van der Waals surface area contributed by atoms with Gasteiger partial charge in [-0.15, -0.1) is 0 Å². The van der Waals surface area contributed by atoms with Crippen molar-refractivity contribution >= 4 is 62.2 Å². The lowest BCUT2D eigenvalue weighted by Gasteiger charge is -2.30. The van der Waals surface area contributed by atoms with E-state index in [-0.39, 0.29) is 11.6 Å². The minimum absolute atomic E-state index is 0.0353. The highest BCUT2D eigenvalue weighted by atomic mass is 79.9. The number of fused-ring (bicyclic) bond motifs is 3. The Morgan fingerprint density at radius 3 is 2.60 bits per heavy atom. The zero-order chi connectivity index (χ0) is 28.8. The van der Waals surface area contributed by atoms with Gasteiger partial charge in [-0.25, -0.2) is 4.99 Å². The molecule has 0 N–H and O–H groups in total. The molecule has 8 heteroatoms. The number of nitrogens with zero attached hydrogens (tertiary/aromatic N) is 2. The molecule has 0 saturated carbocycles. The third-order valence-electron chi connectivity index (χ3n) is 7.64. The molecule has 1 aromatic heterocycles. The fourth-order valence-electron chi connectivity index (χ4n) is 5.63. The summed E-state index contributed by atoms with van der Waals surface area (Å²) in [7, 11) is 0. The normalized spacial score (nSPS) is 16.0. The topological polar surface area (TPSA) is 43.6 Å². The Hall–Kier alpha value is -3.42. The number of hydrogen-bond acceptors (Lipinski definition) is 4. The molecule has 2 aliphatic rings. The van der Waals surface area contributed by atoms with Crippen molar-refractivity contribution in [1.29, 1.82) is 0 Å². The molecule has 0 fully saturated rings. The zero-order valence-electron chi connectivity index (χ0n) is 22.2. The Labute approximate surface area is 265 Å². The maximum absolute atomic E-state index is 14.0. The monoisotopic (exact) mass is 672 g/mol. The van der Waals surface area contributed by atoms with Crippen LogP contribution >= 0.6 is 50.5 Å². The van der Waals surface area contributed by atoms with Crippen LogP contribution in [0.25, 0.3) is 11.8 Å². The van der Waals surface area contributed by atoms with Crippen molar-refractivity contribution in [2.24, 2.45) is 4.99 Å². The first-order valence-corrected chi connectivity index (χ1v) is 15.9. The molecule has 0 saturated heterocycles. The van der Waals surface area contributed by atoms with E-state index in [2.05, 4.69) is 52.3 Å². The van der Waals surface area contributed by atoms with Crippen LogP contribution in [0.4, 0.5) is 0 Å². The molecule has 208 valence electrons. The lowest BCUT2D eigenvalue weighted by molar-refractivity contribution is 0.304. The van der Waals surface area contributed by atoms with Gasteiger partial charge in [0.1, 0.15) is 12.4 Å². The second kappa shape index (κ2) is 11.3. The summed E-state index contributed by atoms with van der Waals surface area (Å²) in [5.74, 6) is 0.676. The van der Waals surface area contributed by atoms with Crippen LogP contribution in [0.5, 0.6) is 5.75 Å². The van der Waals surface area contributed by atoms with Gasteiger partial charge in [-0.05, 0) is 81.4 Å². The van der Waals surface area contributed by atoms with E-state index < -0.39 is 0 Å². The summed E-state index contributed by atoms with van der Waals surface area (Å²) in [6.07, 6.45) is 3.73. The van der Waals surface area contributed by atoms with Crippen molar-refractivity contribution in [2.45, 2.75) is 25.5 Å². The third-order valence-corrected chi connectivity index (χ3v) is 9.83. The first-order chi connectivity index (χ1) is 20.5. The first kappa shape index (κ1) is 27.4.